The van der Waals surface area contributed by atoms with Gasteiger partial charge >= 0.3 is 0 Å². The first kappa shape index (κ1) is 15.3. The Morgan fingerprint density at radius 1 is 1.40 bits per heavy atom. The number of hydrogen-bond acceptors (Lipinski definition) is 3. The van der Waals surface area contributed by atoms with Gasteiger partial charge in [-0.3, -0.25) is 0 Å². The summed E-state index contributed by atoms with van der Waals surface area (Å²) in [4.78, 5) is 6.76. The highest BCUT2D eigenvalue weighted by atomic mass is 35.5. The molecular weight excluding hydrogens is 270 g/mol. The van der Waals surface area contributed by atoms with Gasteiger partial charge < -0.3 is 10.2 Å². The first-order valence-corrected chi connectivity index (χ1v) is 7.53. The van der Waals surface area contributed by atoms with Crippen molar-refractivity contribution in [3.63, 3.8) is 0 Å². The van der Waals surface area contributed by atoms with Crippen LogP contribution in [0.2, 0.25) is 5.02 Å². The standard InChI is InChI=1S/C16H24ClN3/c1-12-5-7-20(8-6-12)15-9-13(14(17)11-18-15)10-19-16(2,3)4/h5,9,11,19H,6-8,10H2,1-4H3. The van der Waals surface area contributed by atoms with E-state index in [1.807, 2.05) is 0 Å². The van der Waals surface area contributed by atoms with Crippen LogP contribution in [0.15, 0.2) is 23.9 Å². The maximum Gasteiger partial charge on any atom is 0.129 e. The van der Waals surface area contributed by atoms with Gasteiger partial charge in [0.15, 0.2) is 0 Å². The first-order chi connectivity index (χ1) is 9.35. The minimum Gasteiger partial charge on any atom is -0.353 e. The largest absolute Gasteiger partial charge is 0.353 e. The van der Waals surface area contributed by atoms with Crippen LogP contribution in [0.5, 0.6) is 0 Å². The Bertz CT molecular complexity index is 503. The SMILES string of the molecule is CC1=CCN(c2cc(CNC(C)(C)C)c(Cl)cn2)CC1. The molecule has 1 aromatic rings. The first-order valence-electron chi connectivity index (χ1n) is 7.15. The number of aromatic nitrogens is 1. The van der Waals surface area contributed by atoms with Crippen molar-refractivity contribution in [2.75, 3.05) is 18.0 Å². The van der Waals surface area contributed by atoms with Gasteiger partial charge in [-0.25, -0.2) is 4.98 Å². The van der Waals surface area contributed by atoms with Gasteiger partial charge in [0.05, 0.1) is 5.02 Å². The number of nitrogens with one attached hydrogen (secondary N) is 1. The minimum atomic E-state index is 0.0811. The molecule has 1 aliphatic heterocycles. The Hall–Kier alpha value is -1.06. The summed E-state index contributed by atoms with van der Waals surface area (Å²) in [7, 11) is 0. The van der Waals surface area contributed by atoms with Crippen molar-refractivity contribution in [3.8, 4) is 0 Å². The summed E-state index contributed by atoms with van der Waals surface area (Å²) < 4.78 is 0. The summed E-state index contributed by atoms with van der Waals surface area (Å²) >= 11 is 6.25. The second-order valence-corrected chi connectivity index (χ2v) is 6.89. The van der Waals surface area contributed by atoms with Crippen LogP contribution in [-0.2, 0) is 6.54 Å². The number of rotatable bonds is 3. The number of halogens is 1. The highest BCUT2D eigenvalue weighted by Gasteiger charge is 2.14. The Balaban J connectivity index is 2.12. The molecule has 3 nitrogen and oxygen atoms in total. The molecule has 0 fully saturated rings. The second-order valence-electron chi connectivity index (χ2n) is 6.48. The molecule has 0 saturated heterocycles. The Kier molecular flexibility index (Phi) is 4.71. The smallest absolute Gasteiger partial charge is 0.129 e. The fourth-order valence-corrected chi connectivity index (χ4v) is 2.29. The van der Waals surface area contributed by atoms with E-state index < -0.39 is 0 Å². The average molecular weight is 294 g/mol. The molecule has 1 aromatic heterocycles. The summed E-state index contributed by atoms with van der Waals surface area (Å²) in [6.45, 7) is 11.4. The van der Waals surface area contributed by atoms with E-state index in [0.717, 1.165) is 42.5 Å². The lowest BCUT2D eigenvalue weighted by Crippen LogP contribution is -2.35. The van der Waals surface area contributed by atoms with Crippen molar-refractivity contribution in [1.29, 1.82) is 0 Å². The van der Waals surface area contributed by atoms with E-state index in [2.05, 4.69) is 55.0 Å². The summed E-state index contributed by atoms with van der Waals surface area (Å²) in [5.41, 5.74) is 2.65. The lowest BCUT2D eigenvalue weighted by Gasteiger charge is -2.27. The second kappa shape index (κ2) is 6.15. The normalized spacial score (nSPS) is 16.2. The predicted octanol–water partition coefficient (Wildman–Crippen LogP) is 3.78. The van der Waals surface area contributed by atoms with E-state index in [1.54, 1.807) is 6.20 Å². The fourth-order valence-electron chi connectivity index (χ4n) is 2.12. The maximum absolute atomic E-state index is 6.25. The van der Waals surface area contributed by atoms with Crippen LogP contribution in [0.25, 0.3) is 0 Å². The molecule has 2 rings (SSSR count). The van der Waals surface area contributed by atoms with E-state index in [-0.39, 0.29) is 5.54 Å². The summed E-state index contributed by atoms with van der Waals surface area (Å²) in [6.07, 6.45) is 5.15. The molecule has 1 N–H and O–H groups in total. The van der Waals surface area contributed by atoms with Gasteiger partial charge in [-0.2, -0.15) is 0 Å². The van der Waals surface area contributed by atoms with E-state index in [9.17, 15) is 0 Å². The zero-order chi connectivity index (χ0) is 14.8. The van der Waals surface area contributed by atoms with Crippen LogP contribution in [0, 0.1) is 0 Å². The van der Waals surface area contributed by atoms with E-state index in [4.69, 9.17) is 11.6 Å². The van der Waals surface area contributed by atoms with Gasteiger partial charge in [0.25, 0.3) is 0 Å². The molecule has 20 heavy (non-hydrogen) atoms. The van der Waals surface area contributed by atoms with Gasteiger partial charge in [0, 0.05) is 31.4 Å². The molecule has 110 valence electrons. The molecule has 0 amide bonds. The third-order valence-corrected chi connectivity index (χ3v) is 3.83. The van der Waals surface area contributed by atoms with Crippen LogP contribution < -0.4 is 10.2 Å². The van der Waals surface area contributed by atoms with Crippen molar-refractivity contribution in [2.24, 2.45) is 0 Å². The molecule has 4 heteroatoms. The lowest BCUT2D eigenvalue weighted by atomic mass is 10.1. The van der Waals surface area contributed by atoms with Crippen molar-refractivity contribution in [2.45, 2.75) is 46.2 Å². The van der Waals surface area contributed by atoms with Crippen LogP contribution in [0.1, 0.15) is 39.7 Å². The number of anilines is 1. The Morgan fingerprint density at radius 3 is 2.75 bits per heavy atom. The van der Waals surface area contributed by atoms with Crippen LogP contribution in [0.3, 0.4) is 0 Å². The van der Waals surface area contributed by atoms with Crippen LogP contribution >= 0.6 is 11.6 Å². The van der Waals surface area contributed by atoms with Crippen molar-refractivity contribution >= 4 is 17.4 Å². The molecule has 0 unspecified atom stereocenters. The number of nitrogens with zero attached hydrogens (tertiary/aromatic N) is 2. The molecule has 0 aromatic carbocycles. The minimum absolute atomic E-state index is 0.0811. The molecule has 0 atom stereocenters. The van der Waals surface area contributed by atoms with Gasteiger partial charge in [-0.05, 0) is 45.7 Å². The van der Waals surface area contributed by atoms with Gasteiger partial charge in [-0.1, -0.05) is 23.3 Å². The number of hydrogen-bond donors (Lipinski definition) is 1. The monoisotopic (exact) mass is 293 g/mol. The molecule has 1 aliphatic rings. The van der Waals surface area contributed by atoms with E-state index >= 15 is 0 Å². The predicted molar refractivity (Wildman–Crippen MR) is 86.4 cm³/mol. The van der Waals surface area contributed by atoms with Crippen molar-refractivity contribution in [1.82, 2.24) is 10.3 Å². The van der Waals surface area contributed by atoms with Crippen molar-refractivity contribution < 1.29 is 0 Å². The summed E-state index contributed by atoms with van der Waals surface area (Å²) in [5, 5.41) is 4.20. The quantitative estimate of drug-likeness (QED) is 0.860. The molecule has 0 saturated carbocycles. The van der Waals surface area contributed by atoms with Gasteiger partial charge in [0.1, 0.15) is 5.82 Å². The molecule has 2 heterocycles. The van der Waals surface area contributed by atoms with Gasteiger partial charge in [-0.15, -0.1) is 0 Å². The highest BCUT2D eigenvalue weighted by Crippen LogP contribution is 2.23. The topological polar surface area (TPSA) is 28.2 Å². The Labute approximate surface area is 127 Å². The highest BCUT2D eigenvalue weighted by molar-refractivity contribution is 6.31. The maximum atomic E-state index is 6.25. The third kappa shape index (κ3) is 4.22. The molecule has 0 spiro atoms. The molecule has 0 aliphatic carbocycles. The summed E-state index contributed by atoms with van der Waals surface area (Å²) in [5.74, 6) is 1.02. The fraction of sp³-hybridized carbons (Fsp3) is 0.562. The number of pyridine rings is 1. The zero-order valence-electron chi connectivity index (χ0n) is 12.8. The third-order valence-electron chi connectivity index (χ3n) is 3.49. The lowest BCUT2D eigenvalue weighted by molar-refractivity contribution is 0.424. The molecule has 0 bridgehead atoms. The Morgan fingerprint density at radius 2 is 2.15 bits per heavy atom. The van der Waals surface area contributed by atoms with Crippen LogP contribution in [0.4, 0.5) is 5.82 Å². The molecule has 0 radical (unpaired) electrons. The zero-order valence-corrected chi connectivity index (χ0v) is 13.6. The molecular formula is C16H24ClN3. The van der Waals surface area contributed by atoms with Crippen molar-refractivity contribution in [3.05, 3.63) is 34.5 Å². The van der Waals surface area contributed by atoms with Gasteiger partial charge in [0.2, 0.25) is 0 Å². The van der Waals surface area contributed by atoms with E-state index in [1.165, 1.54) is 5.57 Å². The van der Waals surface area contributed by atoms with Crippen LogP contribution in [-0.4, -0.2) is 23.6 Å². The summed E-state index contributed by atoms with van der Waals surface area (Å²) in [6, 6.07) is 2.11. The average Bonchev–Trinajstić information content (AvgIpc) is 2.38. The van der Waals surface area contributed by atoms with E-state index in [0.29, 0.717) is 0 Å².